The Morgan fingerprint density at radius 2 is 1.95 bits per heavy atom. The van der Waals surface area contributed by atoms with Crippen LogP contribution in [0.5, 0.6) is 5.75 Å². The first-order chi connectivity index (χ1) is 9.69. The van der Waals surface area contributed by atoms with Gasteiger partial charge in [0.25, 0.3) is 0 Å². The second kappa shape index (κ2) is 7.32. The van der Waals surface area contributed by atoms with Gasteiger partial charge in [0.2, 0.25) is 5.91 Å². The summed E-state index contributed by atoms with van der Waals surface area (Å²) in [5.41, 5.74) is 1.11. The molecule has 1 N–H and O–H groups in total. The van der Waals surface area contributed by atoms with Crippen LogP contribution in [0.25, 0.3) is 0 Å². The molecule has 1 fully saturated rings. The van der Waals surface area contributed by atoms with Gasteiger partial charge < -0.3 is 10.1 Å². The van der Waals surface area contributed by atoms with Crippen molar-refractivity contribution in [1.82, 2.24) is 5.32 Å². The van der Waals surface area contributed by atoms with Gasteiger partial charge in [-0.15, -0.1) is 0 Å². The van der Waals surface area contributed by atoms with E-state index in [1.165, 1.54) is 25.7 Å². The van der Waals surface area contributed by atoms with Crippen molar-refractivity contribution in [3.63, 3.8) is 0 Å². The molecule has 1 saturated carbocycles. The highest BCUT2D eigenvalue weighted by molar-refractivity contribution is 5.76. The second-order valence-electron chi connectivity index (χ2n) is 5.75. The van der Waals surface area contributed by atoms with Gasteiger partial charge in [-0.3, -0.25) is 4.79 Å². The fraction of sp³-hybridized carbons (Fsp3) is 0.588. The Bertz CT molecular complexity index is 421. The third-order valence-electron chi connectivity index (χ3n) is 4.25. The van der Waals surface area contributed by atoms with Crippen molar-refractivity contribution >= 4 is 5.91 Å². The lowest BCUT2D eigenvalue weighted by atomic mass is 10.0. The summed E-state index contributed by atoms with van der Waals surface area (Å²) in [6.45, 7) is 2.02. The lowest BCUT2D eigenvalue weighted by molar-refractivity contribution is -0.122. The average Bonchev–Trinajstić information content (AvgIpc) is 2.98. The predicted molar refractivity (Wildman–Crippen MR) is 80.7 cm³/mol. The van der Waals surface area contributed by atoms with Crippen LogP contribution in [0.2, 0.25) is 0 Å². The molecule has 1 aliphatic carbocycles. The number of amides is 1. The average molecular weight is 275 g/mol. The number of hydrogen-bond donors (Lipinski definition) is 1. The molecule has 1 aliphatic rings. The number of ether oxygens (including phenoxy) is 1. The van der Waals surface area contributed by atoms with Crippen molar-refractivity contribution in [2.75, 3.05) is 7.11 Å². The molecule has 0 saturated heterocycles. The van der Waals surface area contributed by atoms with E-state index >= 15 is 0 Å². The summed E-state index contributed by atoms with van der Waals surface area (Å²) >= 11 is 0. The van der Waals surface area contributed by atoms with E-state index in [1.807, 2.05) is 31.2 Å². The van der Waals surface area contributed by atoms with E-state index in [2.05, 4.69) is 5.32 Å². The zero-order valence-electron chi connectivity index (χ0n) is 12.5. The molecule has 2 rings (SSSR count). The highest BCUT2D eigenvalue weighted by Crippen LogP contribution is 2.28. The third-order valence-corrected chi connectivity index (χ3v) is 4.25. The largest absolute Gasteiger partial charge is 0.497 e. The molecule has 20 heavy (non-hydrogen) atoms. The first-order valence-corrected chi connectivity index (χ1v) is 7.62. The molecule has 3 heteroatoms. The molecule has 0 bridgehead atoms. The summed E-state index contributed by atoms with van der Waals surface area (Å²) in [7, 11) is 1.66. The minimum atomic E-state index is 0.0528. The Labute approximate surface area is 121 Å². The summed E-state index contributed by atoms with van der Waals surface area (Å²) in [5, 5.41) is 3.08. The van der Waals surface area contributed by atoms with Crippen molar-refractivity contribution in [3.8, 4) is 5.75 Å². The maximum atomic E-state index is 12.0. The Morgan fingerprint density at radius 3 is 2.55 bits per heavy atom. The third kappa shape index (κ3) is 4.26. The smallest absolute Gasteiger partial charge is 0.220 e. The maximum absolute atomic E-state index is 12.0. The van der Waals surface area contributed by atoms with Crippen molar-refractivity contribution < 1.29 is 9.53 Å². The highest BCUT2D eigenvalue weighted by Gasteiger charge is 2.17. The fourth-order valence-corrected chi connectivity index (χ4v) is 2.92. The lowest BCUT2D eigenvalue weighted by Gasteiger charge is -2.15. The Hall–Kier alpha value is -1.51. The number of hydrogen-bond acceptors (Lipinski definition) is 2. The van der Waals surface area contributed by atoms with Crippen LogP contribution in [0, 0.1) is 5.92 Å². The van der Waals surface area contributed by atoms with Gasteiger partial charge in [-0.25, -0.2) is 0 Å². The Kier molecular flexibility index (Phi) is 5.45. The second-order valence-corrected chi connectivity index (χ2v) is 5.75. The Balaban J connectivity index is 1.77. The topological polar surface area (TPSA) is 38.3 Å². The molecule has 0 radical (unpaired) electrons. The molecular formula is C17H25NO2. The number of carbonyl (C=O) groups excluding carboxylic acids is 1. The van der Waals surface area contributed by atoms with Crippen LogP contribution in [0.1, 0.15) is 57.1 Å². The number of methoxy groups -OCH3 is 1. The maximum Gasteiger partial charge on any atom is 0.220 e. The van der Waals surface area contributed by atoms with Gasteiger partial charge in [0.05, 0.1) is 13.2 Å². The summed E-state index contributed by atoms with van der Waals surface area (Å²) in [6.07, 6.45) is 7.00. The van der Waals surface area contributed by atoms with Gasteiger partial charge >= 0.3 is 0 Å². The van der Waals surface area contributed by atoms with Gasteiger partial charge in [0, 0.05) is 6.42 Å². The first kappa shape index (κ1) is 14.9. The molecule has 1 aromatic carbocycles. The summed E-state index contributed by atoms with van der Waals surface area (Å²) in [5.74, 6) is 1.78. The van der Waals surface area contributed by atoms with Gasteiger partial charge in [-0.05, 0) is 37.0 Å². The summed E-state index contributed by atoms with van der Waals surface area (Å²) in [6, 6.07) is 7.91. The van der Waals surface area contributed by atoms with Crippen LogP contribution < -0.4 is 10.1 Å². The first-order valence-electron chi connectivity index (χ1n) is 7.62. The zero-order chi connectivity index (χ0) is 14.4. The van der Waals surface area contributed by atoms with E-state index in [0.717, 1.165) is 23.7 Å². The molecule has 1 aromatic rings. The molecular weight excluding hydrogens is 250 g/mol. The van der Waals surface area contributed by atoms with Crippen LogP contribution in [0.3, 0.4) is 0 Å². The minimum Gasteiger partial charge on any atom is -0.497 e. The number of nitrogens with one attached hydrogen (secondary N) is 1. The van der Waals surface area contributed by atoms with Gasteiger partial charge in [-0.1, -0.05) is 37.8 Å². The van der Waals surface area contributed by atoms with Crippen LogP contribution in [0.4, 0.5) is 0 Å². The van der Waals surface area contributed by atoms with E-state index in [-0.39, 0.29) is 11.9 Å². The molecule has 1 unspecified atom stereocenters. The van der Waals surface area contributed by atoms with Gasteiger partial charge in [0.1, 0.15) is 5.75 Å². The minimum absolute atomic E-state index is 0.0528. The molecule has 0 heterocycles. The van der Waals surface area contributed by atoms with Crippen molar-refractivity contribution in [2.45, 2.75) is 51.5 Å². The van der Waals surface area contributed by atoms with Gasteiger partial charge in [-0.2, -0.15) is 0 Å². The summed E-state index contributed by atoms with van der Waals surface area (Å²) in [4.78, 5) is 12.0. The van der Waals surface area contributed by atoms with Gasteiger partial charge in [0.15, 0.2) is 0 Å². The molecule has 0 aromatic heterocycles. The van der Waals surface area contributed by atoms with Crippen LogP contribution in [-0.4, -0.2) is 13.0 Å². The van der Waals surface area contributed by atoms with Crippen molar-refractivity contribution in [1.29, 1.82) is 0 Å². The molecule has 110 valence electrons. The number of benzene rings is 1. The normalized spacial score (nSPS) is 16.9. The number of rotatable bonds is 6. The van der Waals surface area contributed by atoms with E-state index < -0.39 is 0 Å². The molecule has 1 atom stereocenters. The lowest BCUT2D eigenvalue weighted by Crippen LogP contribution is -2.26. The van der Waals surface area contributed by atoms with E-state index in [1.54, 1.807) is 7.11 Å². The Morgan fingerprint density at radius 1 is 1.30 bits per heavy atom. The predicted octanol–water partition coefficient (Wildman–Crippen LogP) is 3.84. The van der Waals surface area contributed by atoms with Crippen LogP contribution in [0.15, 0.2) is 24.3 Å². The van der Waals surface area contributed by atoms with E-state index in [9.17, 15) is 4.79 Å². The monoisotopic (exact) mass is 275 g/mol. The number of carbonyl (C=O) groups is 1. The van der Waals surface area contributed by atoms with E-state index in [4.69, 9.17) is 4.74 Å². The fourth-order valence-electron chi connectivity index (χ4n) is 2.92. The highest BCUT2D eigenvalue weighted by atomic mass is 16.5. The summed E-state index contributed by atoms with van der Waals surface area (Å²) < 4.78 is 5.14. The van der Waals surface area contributed by atoms with Crippen LogP contribution >= 0.6 is 0 Å². The SMILES string of the molecule is COc1ccc(C(C)NC(=O)CCC2CCCC2)cc1. The van der Waals surface area contributed by atoms with E-state index in [0.29, 0.717) is 6.42 Å². The standard InChI is InChI=1S/C17H25NO2/c1-13(15-8-10-16(20-2)11-9-15)18-17(19)12-7-14-5-3-4-6-14/h8-11,13-14H,3-7,12H2,1-2H3,(H,18,19). The van der Waals surface area contributed by atoms with Crippen molar-refractivity contribution in [3.05, 3.63) is 29.8 Å². The quantitative estimate of drug-likeness (QED) is 0.856. The molecule has 1 amide bonds. The zero-order valence-corrected chi connectivity index (χ0v) is 12.5. The van der Waals surface area contributed by atoms with Crippen LogP contribution in [-0.2, 0) is 4.79 Å². The molecule has 3 nitrogen and oxygen atoms in total. The molecule has 0 spiro atoms. The van der Waals surface area contributed by atoms with Crippen molar-refractivity contribution in [2.24, 2.45) is 5.92 Å². The molecule has 0 aliphatic heterocycles.